The molecule has 0 spiro atoms. The van der Waals surface area contributed by atoms with Crippen LogP contribution in [0.4, 0.5) is 0 Å². The zero-order valence-corrected chi connectivity index (χ0v) is 24.4. The van der Waals surface area contributed by atoms with E-state index in [2.05, 4.69) is 154 Å². The van der Waals surface area contributed by atoms with Gasteiger partial charge >= 0.3 is 7.12 Å². The van der Waals surface area contributed by atoms with Crippen molar-refractivity contribution in [3.05, 3.63) is 121 Å². The monoisotopic (exact) mass is 545 g/mol. The minimum absolute atomic E-state index is 0.380. The fourth-order valence-corrected chi connectivity index (χ4v) is 6.49. The highest BCUT2D eigenvalue weighted by Gasteiger charge is 2.52. The van der Waals surface area contributed by atoms with Crippen molar-refractivity contribution in [2.24, 2.45) is 0 Å². The predicted octanol–water partition coefficient (Wildman–Crippen LogP) is 9.06. The summed E-state index contributed by atoms with van der Waals surface area (Å²) < 4.78 is 15.2. The Balaban J connectivity index is 1.23. The summed E-state index contributed by atoms with van der Waals surface area (Å²) in [5, 5.41) is 7.35. The maximum atomic E-state index is 6.43. The first-order valence-electron chi connectivity index (χ1n) is 14.7. The van der Waals surface area contributed by atoms with Crippen molar-refractivity contribution in [2.75, 3.05) is 0 Å². The molecule has 1 aliphatic heterocycles. The van der Waals surface area contributed by atoms with Crippen LogP contribution >= 0.6 is 0 Å². The highest BCUT2D eigenvalue weighted by Crippen LogP contribution is 2.38. The summed E-state index contributed by atoms with van der Waals surface area (Å²) >= 11 is 0. The lowest BCUT2D eigenvalue weighted by atomic mass is 9.75. The van der Waals surface area contributed by atoms with Gasteiger partial charge in [0.1, 0.15) is 0 Å². The number of hydrogen-bond donors (Lipinski definition) is 0. The molecule has 3 nitrogen and oxygen atoms in total. The Morgan fingerprint density at radius 2 is 1.07 bits per heavy atom. The predicted molar refractivity (Wildman–Crippen MR) is 177 cm³/mol. The van der Waals surface area contributed by atoms with Crippen LogP contribution in [0.15, 0.2) is 121 Å². The quantitative estimate of drug-likeness (QED) is 0.163. The highest BCUT2D eigenvalue weighted by molar-refractivity contribution is 6.65. The number of aromatic nitrogens is 1. The van der Waals surface area contributed by atoms with E-state index in [1.54, 1.807) is 0 Å². The summed E-state index contributed by atoms with van der Waals surface area (Å²) in [6.45, 7) is 8.41. The summed E-state index contributed by atoms with van der Waals surface area (Å²) in [6.07, 6.45) is 0. The Bertz CT molecular complexity index is 2090. The summed E-state index contributed by atoms with van der Waals surface area (Å²) in [5.41, 5.74) is 6.35. The molecule has 1 aliphatic rings. The van der Waals surface area contributed by atoms with Crippen molar-refractivity contribution in [2.45, 2.75) is 38.9 Å². The molecule has 0 unspecified atom stereocenters. The molecule has 2 heterocycles. The van der Waals surface area contributed by atoms with Crippen molar-refractivity contribution in [1.82, 2.24) is 4.57 Å². The van der Waals surface area contributed by atoms with Gasteiger partial charge in [-0.25, -0.2) is 0 Å². The Morgan fingerprint density at radius 1 is 0.524 bits per heavy atom. The Morgan fingerprint density at radius 3 is 1.71 bits per heavy atom. The molecule has 0 saturated carbocycles. The first kappa shape index (κ1) is 25.3. The van der Waals surface area contributed by atoms with Gasteiger partial charge in [0.05, 0.1) is 22.2 Å². The summed E-state index contributed by atoms with van der Waals surface area (Å²) in [7, 11) is -0.396. The maximum Gasteiger partial charge on any atom is 0.495 e. The minimum Gasteiger partial charge on any atom is -0.399 e. The molecule has 0 N–H and O–H groups in total. The number of benzene rings is 6. The fourth-order valence-electron chi connectivity index (χ4n) is 6.49. The molecule has 1 saturated heterocycles. The molecule has 0 amide bonds. The van der Waals surface area contributed by atoms with Gasteiger partial charge in [-0.3, -0.25) is 0 Å². The third-order valence-electron chi connectivity index (χ3n) is 9.44. The number of hydrogen-bond acceptors (Lipinski definition) is 2. The molecule has 1 aromatic heterocycles. The van der Waals surface area contributed by atoms with Crippen LogP contribution in [0.1, 0.15) is 27.7 Å². The van der Waals surface area contributed by atoms with Crippen molar-refractivity contribution in [1.29, 1.82) is 0 Å². The number of nitrogens with zero attached hydrogens (tertiary/aromatic N) is 1. The van der Waals surface area contributed by atoms with Crippen LogP contribution in [0.3, 0.4) is 0 Å². The fraction of sp³-hybridized carbons (Fsp3) is 0.158. The molecule has 4 heteroatoms. The summed E-state index contributed by atoms with van der Waals surface area (Å²) in [6, 6.07) is 43.9. The number of fused-ring (bicyclic) bond motifs is 5. The Hall–Kier alpha value is -4.38. The lowest BCUT2D eigenvalue weighted by Crippen LogP contribution is -2.41. The zero-order chi connectivity index (χ0) is 28.6. The molecule has 8 rings (SSSR count). The molecule has 42 heavy (non-hydrogen) atoms. The maximum absolute atomic E-state index is 6.43. The first-order chi connectivity index (χ1) is 20.3. The van der Waals surface area contributed by atoms with Gasteiger partial charge in [0.15, 0.2) is 0 Å². The Kier molecular flexibility index (Phi) is 5.47. The van der Waals surface area contributed by atoms with E-state index in [9.17, 15) is 0 Å². The molecule has 7 aromatic rings. The largest absolute Gasteiger partial charge is 0.495 e. The minimum atomic E-state index is -0.396. The van der Waals surface area contributed by atoms with Crippen molar-refractivity contribution in [3.8, 4) is 16.8 Å². The molecule has 204 valence electrons. The van der Waals surface area contributed by atoms with E-state index >= 15 is 0 Å². The van der Waals surface area contributed by atoms with Gasteiger partial charge in [-0.2, -0.15) is 0 Å². The third-order valence-corrected chi connectivity index (χ3v) is 9.44. The molecule has 0 aliphatic carbocycles. The van der Waals surface area contributed by atoms with Gasteiger partial charge in [0.25, 0.3) is 0 Å². The first-order valence-corrected chi connectivity index (χ1v) is 14.7. The van der Waals surface area contributed by atoms with Crippen molar-refractivity contribution < 1.29 is 9.31 Å². The van der Waals surface area contributed by atoms with E-state index in [1.807, 2.05) is 0 Å². The lowest BCUT2D eigenvalue weighted by molar-refractivity contribution is 0.00578. The van der Waals surface area contributed by atoms with E-state index in [-0.39, 0.29) is 11.2 Å². The van der Waals surface area contributed by atoms with Gasteiger partial charge in [0.2, 0.25) is 0 Å². The smallest absolute Gasteiger partial charge is 0.399 e. The van der Waals surface area contributed by atoms with E-state index in [0.29, 0.717) is 0 Å². The average molecular weight is 545 g/mol. The van der Waals surface area contributed by atoms with Crippen LogP contribution in [-0.4, -0.2) is 22.9 Å². The normalized spacial score (nSPS) is 16.2. The van der Waals surface area contributed by atoms with Gasteiger partial charge in [-0.15, -0.1) is 0 Å². The van der Waals surface area contributed by atoms with E-state index in [0.717, 1.165) is 11.2 Å². The summed E-state index contributed by atoms with van der Waals surface area (Å²) in [5.74, 6) is 0. The van der Waals surface area contributed by atoms with Crippen LogP contribution in [0, 0.1) is 0 Å². The molecular weight excluding hydrogens is 513 g/mol. The molecule has 0 bridgehead atoms. The van der Waals surface area contributed by atoms with E-state index in [4.69, 9.17) is 9.31 Å². The van der Waals surface area contributed by atoms with Gasteiger partial charge in [0, 0.05) is 16.5 Å². The van der Waals surface area contributed by atoms with Gasteiger partial charge in [-0.1, -0.05) is 84.9 Å². The molecule has 0 atom stereocenters. The number of para-hydroxylation sites is 2. The van der Waals surface area contributed by atoms with Crippen LogP contribution in [0.25, 0.3) is 60.2 Å². The molecular formula is C38H32BNO2. The Labute approximate surface area is 246 Å². The second kappa shape index (κ2) is 9.06. The molecule has 0 radical (unpaired) electrons. The van der Waals surface area contributed by atoms with Crippen LogP contribution in [0.2, 0.25) is 0 Å². The van der Waals surface area contributed by atoms with Crippen molar-refractivity contribution in [3.63, 3.8) is 0 Å². The number of rotatable bonds is 3. The third kappa shape index (κ3) is 3.76. The average Bonchev–Trinajstić information content (AvgIpc) is 3.44. The van der Waals surface area contributed by atoms with Crippen LogP contribution in [-0.2, 0) is 9.31 Å². The highest BCUT2D eigenvalue weighted by atomic mass is 16.7. The van der Waals surface area contributed by atoms with E-state index < -0.39 is 7.12 Å². The van der Waals surface area contributed by atoms with Crippen LogP contribution < -0.4 is 5.46 Å². The lowest BCUT2D eigenvalue weighted by Gasteiger charge is -2.32. The van der Waals surface area contributed by atoms with Crippen LogP contribution in [0.5, 0.6) is 0 Å². The zero-order valence-electron chi connectivity index (χ0n) is 24.4. The second-order valence-electron chi connectivity index (χ2n) is 12.5. The second-order valence-corrected chi connectivity index (χ2v) is 12.5. The van der Waals surface area contributed by atoms with Gasteiger partial charge < -0.3 is 13.9 Å². The molecule has 6 aromatic carbocycles. The topological polar surface area (TPSA) is 23.4 Å². The SMILES string of the molecule is CC1(C)OB(c2cccc3cc4c(-c5ccc(-n6c7ccccc7c7ccccc76)cc5)cccc4cc23)OC1(C)C. The standard InChI is InChI=1S/C38H32BNO2/c1-37(2)38(3,4)42-39(41-37)34-16-10-12-27-23-32-26(24-33(27)34)11-9-15-29(32)25-19-21-28(22-20-25)40-35-17-7-5-13-30(35)31-14-6-8-18-36(31)40/h5-24H,1-4H3. The summed E-state index contributed by atoms with van der Waals surface area (Å²) in [4.78, 5) is 0. The van der Waals surface area contributed by atoms with E-state index in [1.165, 1.54) is 54.5 Å². The molecule has 1 fully saturated rings. The van der Waals surface area contributed by atoms with Crippen molar-refractivity contribution >= 4 is 55.9 Å². The van der Waals surface area contributed by atoms with Gasteiger partial charge in [-0.05, 0) is 102 Å².